The summed E-state index contributed by atoms with van der Waals surface area (Å²) in [5.74, 6) is 1.82. The number of nitrogens with zero attached hydrogens (tertiary/aromatic N) is 2. The molecule has 1 aromatic rings. The van der Waals surface area contributed by atoms with Gasteiger partial charge < -0.3 is 14.7 Å². The molecule has 0 bridgehead atoms. The fourth-order valence-corrected chi connectivity index (χ4v) is 3.59. The molecule has 25 heavy (non-hydrogen) atoms. The maximum Gasteiger partial charge on any atom is 0.260 e. The van der Waals surface area contributed by atoms with Gasteiger partial charge in [0.15, 0.2) is 18.1 Å². The molecule has 0 aromatic heterocycles. The van der Waals surface area contributed by atoms with Crippen LogP contribution in [0.5, 0.6) is 11.5 Å². The first-order chi connectivity index (χ1) is 12.0. The molecule has 1 amide bonds. The summed E-state index contributed by atoms with van der Waals surface area (Å²) in [7, 11) is 0. The lowest BCUT2D eigenvalue weighted by Crippen LogP contribution is -2.47. The lowest BCUT2D eigenvalue weighted by molar-refractivity contribution is -0.133. The number of amides is 1. The second kappa shape index (κ2) is 8.09. The van der Waals surface area contributed by atoms with E-state index in [0.29, 0.717) is 17.7 Å². The lowest BCUT2D eigenvalue weighted by atomic mass is 10.0. The van der Waals surface area contributed by atoms with Crippen LogP contribution in [-0.4, -0.2) is 59.6 Å². The van der Waals surface area contributed by atoms with Gasteiger partial charge in [-0.15, -0.1) is 0 Å². The summed E-state index contributed by atoms with van der Waals surface area (Å²) >= 11 is 0. The highest BCUT2D eigenvalue weighted by atomic mass is 16.5. The van der Waals surface area contributed by atoms with E-state index in [1.165, 1.54) is 19.4 Å². The van der Waals surface area contributed by atoms with Crippen LogP contribution in [0.2, 0.25) is 0 Å². The third-order valence-electron chi connectivity index (χ3n) is 5.28. The molecule has 5 nitrogen and oxygen atoms in total. The molecule has 1 N–H and O–H groups in total. The van der Waals surface area contributed by atoms with Gasteiger partial charge in [0.2, 0.25) is 0 Å². The van der Waals surface area contributed by atoms with Crippen LogP contribution in [-0.2, 0) is 4.79 Å². The summed E-state index contributed by atoms with van der Waals surface area (Å²) in [6.45, 7) is 8.28. The average Bonchev–Trinajstić information content (AvgIpc) is 3.41. The minimum atomic E-state index is -0.0228. The molecule has 1 saturated heterocycles. The van der Waals surface area contributed by atoms with Crippen molar-refractivity contribution in [3.8, 4) is 11.5 Å². The molecular weight excluding hydrogens is 316 g/mol. The molecule has 2 aliphatic rings. The summed E-state index contributed by atoms with van der Waals surface area (Å²) < 4.78 is 5.53. The summed E-state index contributed by atoms with van der Waals surface area (Å²) in [5, 5.41) is 9.76. The molecule has 138 valence electrons. The fraction of sp³-hybridized carbons (Fsp3) is 0.650. The Labute approximate surface area is 150 Å². The number of rotatable bonds is 6. The zero-order chi connectivity index (χ0) is 17.8. The number of para-hydroxylation sites is 2. The molecule has 1 atom stereocenters. The zero-order valence-corrected chi connectivity index (χ0v) is 15.4. The summed E-state index contributed by atoms with van der Waals surface area (Å²) in [4.78, 5) is 17.2. The van der Waals surface area contributed by atoms with Crippen molar-refractivity contribution < 1.29 is 14.6 Å². The number of ether oxygens (including phenoxy) is 1. The van der Waals surface area contributed by atoms with E-state index in [4.69, 9.17) is 4.74 Å². The van der Waals surface area contributed by atoms with Crippen LogP contribution >= 0.6 is 0 Å². The molecule has 1 heterocycles. The second-order valence-electron chi connectivity index (χ2n) is 7.70. The van der Waals surface area contributed by atoms with E-state index >= 15 is 0 Å². The van der Waals surface area contributed by atoms with Gasteiger partial charge in [0, 0.05) is 32.2 Å². The molecule has 1 aliphatic heterocycles. The van der Waals surface area contributed by atoms with Gasteiger partial charge in [0.25, 0.3) is 5.91 Å². The Morgan fingerprint density at radius 1 is 1.28 bits per heavy atom. The number of carbonyl (C=O) groups is 1. The first-order valence-corrected chi connectivity index (χ1v) is 9.47. The van der Waals surface area contributed by atoms with Crippen LogP contribution in [0.1, 0.15) is 33.1 Å². The third-order valence-corrected chi connectivity index (χ3v) is 5.28. The predicted molar refractivity (Wildman–Crippen MR) is 97.7 cm³/mol. The van der Waals surface area contributed by atoms with Gasteiger partial charge in [0.1, 0.15) is 0 Å². The monoisotopic (exact) mass is 346 g/mol. The number of hydrogen-bond acceptors (Lipinski definition) is 4. The highest BCUT2D eigenvalue weighted by molar-refractivity contribution is 5.78. The molecule has 5 heteroatoms. The quantitative estimate of drug-likeness (QED) is 0.860. The predicted octanol–water partition coefficient (Wildman–Crippen LogP) is 2.74. The molecule has 0 unspecified atom stereocenters. The molecule has 3 rings (SSSR count). The summed E-state index contributed by atoms with van der Waals surface area (Å²) in [6.07, 6.45) is 3.73. The topological polar surface area (TPSA) is 53.0 Å². The Kier molecular flexibility index (Phi) is 5.84. The van der Waals surface area contributed by atoms with E-state index < -0.39 is 0 Å². The molecule has 1 saturated carbocycles. The molecule has 1 aliphatic carbocycles. The summed E-state index contributed by atoms with van der Waals surface area (Å²) in [5.41, 5.74) is 0. The zero-order valence-electron chi connectivity index (χ0n) is 15.4. The van der Waals surface area contributed by atoms with Crippen molar-refractivity contribution in [2.24, 2.45) is 11.8 Å². The first-order valence-electron chi connectivity index (χ1n) is 9.47. The summed E-state index contributed by atoms with van der Waals surface area (Å²) in [6, 6.07) is 7.18. The van der Waals surface area contributed by atoms with Crippen molar-refractivity contribution in [1.29, 1.82) is 0 Å². The number of benzene rings is 1. The van der Waals surface area contributed by atoms with Gasteiger partial charge in [0.05, 0.1) is 0 Å². The van der Waals surface area contributed by atoms with Crippen LogP contribution in [0.15, 0.2) is 24.3 Å². The van der Waals surface area contributed by atoms with Crippen LogP contribution in [0.4, 0.5) is 0 Å². The van der Waals surface area contributed by atoms with Crippen molar-refractivity contribution >= 4 is 5.91 Å². The van der Waals surface area contributed by atoms with E-state index in [1.807, 2.05) is 4.90 Å². The number of aromatic hydroxyl groups is 1. The van der Waals surface area contributed by atoms with Gasteiger partial charge in [-0.05, 0) is 43.2 Å². The molecule has 0 radical (unpaired) electrons. The molecule has 2 fully saturated rings. The van der Waals surface area contributed by atoms with Gasteiger partial charge in [-0.25, -0.2) is 0 Å². The van der Waals surface area contributed by atoms with Crippen molar-refractivity contribution in [2.75, 3.05) is 32.8 Å². The van der Waals surface area contributed by atoms with E-state index in [2.05, 4.69) is 18.7 Å². The van der Waals surface area contributed by atoms with Gasteiger partial charge in [-0.2, -0.15) is 0 Å². The van der Waals surface area contributed by atoms with Gasteiger partial charge in [-0.1, -0.05) is 26.0 Å². The molecular formula is C20H30N2O3. The smallest absolute Gasteiger partial charge is 0.260 e. The standard InChI is InChI=1S/C20H30N2O3/c1-15(2)17-13-22(11-5-10-21(17)12-16-8-9-16)20(24)14-25-19-7-4-3-6-18(19)23/h3-4,6-7,15-17,23H,5,8-14H2,1-2H3/t17-/m1/s1. The first kappa shape index (κ1) is 18.1. The number of carbonyl (C=O) groups excluding carboxylic acids is 1. The third kappa shape index (κ3) is 4.88. The number of hydrogen-bond donors (Lipinski definition) is 1. The van der Waals surface area contributed by atoms with Crippen molar-refractivity contribution in [3.63, 3.8) is 0 Å². The van der Waals surface area contributed by atoms with Crippen LogP contribution in [0.3, 0.4) is 0 Å². The highest BCUT2D eigenvalue weighted by Crippen LogP contribution is 2.32. The fourth-order valence-electron chi connectivity index (χ4n) is 3.59. The minimum Gasteiger partial charge on any atom is -0.504 e. The Morgan fingerprint density at radius 2 is 2.04 bits per heavy atom. The maximum atomic E-state index is 12.6. The highest BCUT2D eigenvalue weighted by Gasteiger charge is 2.33. The van der Waals surface area contributed by atoms with E-state index in [1.54, 1.807) is 24.3 Å². The van der Waals surface area contributed by atoms with Crippen molar-refractivity contribution in [1.82, 2.24) is 9.80 Å². The Morgan fingerprint density at radius 3 is 2.72 bits per heavy atom. The largest absolute Gasteiger partial charge is 0.504 e. The Bertz CT molecular complexity index is 586. The Balaban J connectivity index is 1.58. The Hall–Kier alpha value is -1.75. The lowest BCUT2D eigenvalue weighted by Gasteiger charge is -2.34. The average molecular weight is 346 g/mol. The van der Waals surface area contributed by atoms with E-state index in [0.717, 1.165) is 32.0 Å². The minimum absolute atomic E-state index is 0.00201. The van der Waals surface area contributed by atoms with Crippen LogP contribution in [0, 0.1) is 11.8 Å². The van der Waals surface area contributed by atoms with Crippen molar-refractivity contribution in [3.05, 3.63) is 24.3 Å². The van der Waals surface area contributed by atoms with Crippen LogP contribution < -0.4 is 4.74 Å². The van der Waals surface area contributed by atoms with Gasteiger partial charge in [-0.3, -0.25) is 9.69 Å². The maximum absolute atomic E-state index is 12.6. The number of phenols is 1. The molecule has 1 aromatic carbocycles. The van der Waals surface area contributed by atoms with Crippen molar-refractivity contribution in [2.45, 2.75) is 39.2 Å². The van der Waals surface area contributed by atoms with E-state index in [9.17, 15) is 9.90 Å². The second-order valence-corrected chi connectivity index (χ2v) is 7.70. The van der Waals surface area contributed by atoms with Crippen LogP contribution in [0.25, 0.3) is 0 Å². The SMILES string of the molecule is CC(C)[C@H]1CN(C(=O)COc2ccccc2O)CCCN1CC1CC1. The van der Waals surface area contributed by atoms with E-state index in [-0.39, 0.29) is 18.3 Å². The number of phenolic OH excluding ortho intramolecular Hbond substituents is 1. The molecule has 0 spiro atoms. The van der Waals surface area contributed by atoms with Gasteiger partial charge >= 0.3 is 0 Å². The normalized spacial score (nSPS) is 22.0.